The standard InChI is InChI=1S/C13H16N4O4/c1-12-6-7-13(12,2)9(19)15-11(21)17(7)5-3-4-16(6)10(20)14-8(12)18/h6-7H,3-5H2,1-2H3,(H,14,18,20)(H,15,19,21)/t6-,7+,12+,13-. The first-order valence-electron chi connectivity index (χ1n) is 7.07. The number of amides is 6. The molecule has 0 spiro atoms. The van der Waals surface area contributed by atoms with Crippen molar-refractivity contribution < 1.29 is 19.2 Å². The van der Waals surface area contributed by atoms with Crippen molar-refractivity contribution in [1.82, 2.24) is 20.4 Å². The Bertz CT molecular complexity index is 567. The second kappa shape index (κ2) is 3.37. The molecule has 0 aromatic carbocycles. The molecule has 4 rings (SSSR count). The quantitative estimate of drug-likeness (QED) is 0.614. The van der Waals surface area contributed by atoms with E-state index in [1.807, 2.05) is 0 Å². The van der Waals surface area contributed by atoms with Crippen LogP contribution in [0.2, 0.25) is 0 Å². The summed E-state index contributed by atoms with van der Waals surface area (Å²) in [7, 11) is 0. The van der Waals surface area contributed by atoms with Crippen LogP contribution >= 0.6 is 0 Å². The maximum absolute atomic E-state index is 12.4. The maximum atomic E-state index is 12.4. The van der Waals surface area contributed by atoms with E-state index >= 15 is 0 Å². The molecule has 8 heteroatoms. The Balaban J connectivity index is 1.92. The van der Waals surface area contributed by atoms with E-state index < -0.39 is 46.8 Å². The lowest BCUT2D eigenvalue weighted by molar-refractivity contribution is -0.209. The van der Waals surface area contributed by atoms with Crippen molar-refractivity contribution in [1.29, 1.82) is 0 Å². The van der Waals surface area contributed by atoms with Gasteiger partial charge in [0, 0.05) is 13.1 Å². The zero-order chi connectivity index (χ0) is 15.2. The van der Waals surface area contributed by atoms with Crippen molar-refractivity contribution in [2.45, 2.75) is 32.4 Å². The smallest absolute Gasteiger partial charge is 0.318 e. The van der Waals surface area contributed by atoms with E-state index in [-0.39, 0.29) is 0 Å². The summed E-state index contributed by atoms with van der Waals surface area (Å²) >= 11 is 0. The van der Waals surface area contributed by atoms with Crippen molar-refractivity contribution in [2.75, 3.05) is 13.1 Å². The largest absolute Gasteiger partial charge is 0.324 e. The van der Waals surface area contributed by atoms with Gasteiger partial charge < -0.3 is 9.80 Å². The Labute approximate surface area is 120 Å². The summed E-state index contributed by atoms with van der Waals surface area (Å²) in [6.45, 7) is 4.37. The van der Waals surface area contributed by atoms with Crippen LogP contribution in [0.15, 0.2) is 0 Å². The Morgan fingerprint density at radius 2 is 1.24 bits per heavy atom. The monoisotopic (exact) mass is 292 g/mol. The lowest BCUT2D eigenvalue weighted by atomic mass is 9.42. The minimum Gasteiger partial charge on any atom is -0.318 e. The number of carbonyl (C=O) groups excluding carboxylic acids is 4. The first-order valence-corrected chi connectivity index (χ1v) is 7.07. The molecule has 3 saturated heterocycles. The molecule has 112 valence electrons. The molecule has 6 amide bonds. The third-order valence-corrected chi connectivity index (χ3v) is 5.94. The van der Waals surface area contributed by atoms with Gasteiger partial charge >= 0.3 is 12.1 Å². The van der Waals surface area contributed by atoms with Crippen molar-refractivity contribution in [2.24, 2.45) is 10.8 Å². The minimum absolute atomic E-state index is 0.426. The normalized spacial score (nSPS) is 44.5. The number of rotatable bonds is 0. The van der Waals surface area contributed by atoms with E-state index in [0.717, 1.165) is 0 Å². The van der Waals surface area contributed by atoms with Gasteiger partial charge in [-0.25, -0.2) is 9.59 Å². The highest BCUT2D eigenvalue weighted by molar-refractivity contribution is 6.10. The number of urea groups is 2. The van der Waals surface area contributed by atoms with E-state index in [2.05, 4.69) is 10.6 Å². The first-order chi connectivity index (χ1) is 9.83. The fourth-order valence-corrected chi connectivity index (χ4v) is 4.60. The fourth-order valence-electron chi connectivity index (χ4n) is 4.60. The molecule has 0 aromatic rings. The number of imide groups is 2. The van der Waals surface area contributed by atoms with Gasteiger partial charge in [-0.2, -0.15) is 0 Å². The first kappa shape index (κ1) is 12.6. The lowest BCUT2D eigenvalue weighted by Gasteiger charge is -2.70. The van der Waals surface area contributed by atoms with Gasteiger partial charge in [-0.1, -0.05) is 0 Å². The van der Waals surface area contributed by atoms with Gasteiger partial charge in [0.25, 0.3) is 0 Å². The molecule has 4 fully saturated rings. The zero-order valence-electron chi connectivity index (χ0n) is 11.8. The maximum Gasteiger partial charge on any atom is 0.324 e. The van der Waals surface area contributed by atoms with Gasteiger partial charge in [0.1, 0.15) is 0 Å². The van der Waals surface area contributed by atoms with E-state index in [0.29, 0.717) is 19.5 Å². The number of fused-ring (bicyclic) bond motifs is 1. The van der Waals surface area contributed by atoms with Gasteiger partial charge in [-0.05, 0) is 20.3 Å². The summed E-state index contributed by atoms with van der Waals surface area (Å²) in [5.41, 5.74) is -2.03. The number of carbonyl (C=O) groups is 4. The van der Waals surface area contributed by atoms with Crippen LogP contribution in [0.25, 0.3) is 0 Å². The van der Waals surface area contributed by atoms with Crippen molar-refractivity contribution in [3.05, 3.63) is 0 Å². The molecule has 8 nitrogen and oxygen atoms in total. The highest BCUT2D eigenvalue weighted by Gasteiger charge is 2.81. The molecule has 1 aliphatic carbocycles. The Morgan fingerprint density at radius 3 is 1.62 bits per heavy atom. The third kappa shape index (κ3) is 1.07. The number of hydrogen-bond donors (Lipinski definition) is 2. The summed E-state index contributed by atoms with van der Waals surface area (Å²) in [6, 6.07) is -1.71. The van der Waals surface area contributed by atoms with Crippen LogP contribution in [0, 0.1) is 10.8 Å². The average molecular weight is 292 g/mol. The van der Waals surface area contributed by atoms with E-state index in [1.54, 1.807) is 23.6 Å². The van der Waals surface area contributed by atoms with E-state index in [9.17, 15) is 19.2 Å². The highest BCUT2D eigenvalue weighted by Crippen LogP contribution is 2.63. The SMILES string of the molecule is C[C@@]12C(=O)NC(=O)N3CCCN4C(=O)NC(=O)[C@]1(C)[C@H]4[C@H]32. The summed E-state index contributed by atoms with van der Waals surface area (Å²) in [5.74, 6) is -0.863. The second-order valence-electron chi connectivity index (χ2n) is 6.55. The molecule has 3 heterocycles. The minimum atomic E-state index is -1.01. The van der Waals surface area contributed by atoms with Crippen LogP contribution in [0.1, 0.15) is 20.3 Å². The summed E-state index contributed by atoms with van der Waals surface area (Å²) in [5, 5.41) is 4.72. The second-order valence-corrected chi connectivity index (χ2v) is 6.55. The average Bonchev–Trinajstić information content (AvgIpc) is 2.63. The van der Waals surface area contributed by atoms with Gasteiger partial charge in [0.05, 0.1) is 22.9 Å². The van der Waals surface area contributed by atoms with Crippen LogP contribution in [0.5, 0.6) is 0 Å². The predicted molar refractivity (Wildman–Crippen MR) is 68.9 cm³/mol. The Morgan fingerprint density at radius 1 is 0.857 bits per heavy atom. The van der Waals surface area contributed by atoms with Gasteiger partial charge in [0.2, 0.25) is 11.8 Å². The molecule has 4 aliphatic rings. The molecule has 0 bridgehead atoms. The summed E-state index contributed by atoms with van der Waals surface area (Å²) < 4.78 is 0. The third-order valence-electron chi connectivity index (χ3n) is 5.94. The van der Waals surface area contributed by atoms with Crippen molar-refractivity contribution >= 4 is 23.9 Å². The van der Waals surface area contributed by atoms with E-state index in [4.69, 9.17) is 0 Å². The molecular formula is C13H16N4O4. The Hall–Kier alpha value is -2.12. The highest BCUT2D eigenvalue weighted by atomic mass is 16.2. The van der Waals surface area contributed by atoms with Gasteiger partial charge in [-0.3, -0.25) is 20.2 Å². The zero-order valence-corrected chi connectivity index (χ0v) is 11.8. The van der Waals surface area contributed by atoms with Crippen LogP contribution in [0.4, 0.5) is 9.59 Å². The predicted octanol–water partition coefficient (Wildman–Crippen LogP) is -0.743. The molecule has 1 saturated carbocycles. The summed E-state index contributed by atoms with van der Waals surface area (Å²) in [4.78, 5) is 52.2. The molecule has 0 radical (unpaired) electrons. The molecule has 4 atom stereocenters. The van der Waals surface area contributed by atoms with Crippen molar-refractivity contribution in [3.8, 4) is 0 Å². The molecule has 3 aliphatic heterocycles. The number of nitrogens with zero attached hydrogens (tertiary/aromatic N) is 2. The van der Waals surface area contributed by atoms with Gasteiger partial charge in [-0.15, -0.1) is 0 Å². The topological polar surface area (TPSA) is 98.8 Å². The molecule has 2 N–H and O–H groups in total. The molecular weight excluding hydrogens is 276 g/mol. The Kier molecular flexibility index (Phi) is 2.02. The van der Waals surface area contributed by atoms with Gasteiger partial charge in [0.15, 0.2) is 0 Å². The van der Waals surface area contributed by atoms with Crippen molar-refractivity contribution in [3.63, 3.8) is 0 Å². The van der Waals surface area contributed by atoms with Crippen LogP contribution < -0.4 is 10.6 Å². The number of hydrogen-bond acceptors (Lipinski definition) is 4. The summed E-state index contributed by atoms with van der Waals surface area (Å²) in [6.07, 6.45) is 0.627. The van der Waals surface area contributed by atoms with E-state index in [1.165, 1.54) is 0 Å². The molecule has 0 aromatic heterocycles. The number of nitrogens with one attached hydrogen (secondary N) is 2. The fraction of sp³-hybridized carbons (Fsp3) is 0.692. The van der Waals surface area contributed by atoms with Crippen LogP contribution in [-0.4, -0.2) is 58.8 Å². The molecule has 21 heavy (non-hydrogen) atoms. The van der Waals surface area contributed by atoms with Crippen LogP contribution in [-0.2, 0) is 9.59 Å². The molecule has 0 unspecified atom stereocenters. The lowest BCUT2D eigenvalue weighted by Crippen LogP contribution is -2.90. The van der Waals surface area contributed by atoms with Crippen LogP contribution in [0.3, 0.4) is 0 Å².